The van der Waals surface area contributed by atoms with Crippen LogP contribution in [0.15, 0.2) is 57.5 Å². The maximum absolute atomic E-state index is 13.3. The number of aryl methyl sites for hydroxylation is 2. The average molecular weight is 403 g/mol. The van der Waals surface area contributed by atoms with Crippen molar-refractivity contribution in [1.82, 2.24) is 4.57 Å². The molecule has 10 nitrogen and oxygen atoms in total. The number of nitro groups is 1. The molecule has 2 aromatic carbocycles. The lowest BCUT2D eigenvalue weighted by molar-refractivity contribution is -0.384. The van der Waals surface area contributed by atoms with Gasteiger partial charge < -0.3 is 4.57 Å². The first-order valence-corrected chi connectivity index (χ1v) is 9.30. The van der Waals surface area contributed by atoms with E-state index in [1.165, 1.54) is 18.2 Å². The van der Waals surface area contributed by atoms with E-state index in [4.69, 9.17) is 5.53 Å². The van der Waals surface area contributed by atoms with Gasteiger partial charge in [0.05, 0.1) is 33.1 Å². The molecule has 0 saturated heterocycles. The lowest BCUT2D eigenvalue weighted by atomic mass is 9.97. The van der Waals surface area contributed by atoms with Crippen LogP contribution in [0.4, 0.5) is 17.1 Å². The Bertz CT molecular complexity index is 1320. The number of non-ortho nitro benzene ring substituents is 1. The van der Waals surface area contributed by atoms with Gasteiger partial charge in [-0.25, -0.2) is 0 Å². The van der Waals surface area contributed by atoms with E-state index in [-0.39, 0.29) is 22.5 Å². The number of hydrogen-bond donors (Lipinski definition) is 1. The van der Waals surface area contributed by atoms with E-state index in [2.05, 4.69) is 20.6 Å². The number of hydrazone groups is 1. The van der Waals surface area contributed by atoms with Crippen molar-refractivity contribution in [2.24, 2.45) is 10.2 Å². The van der Waals surface area contributed by atoms with Crippen LogP contribution in [0.25, 0.3) is 21.3 Å². The molecular weight excluding hydrogens is 386 g/mol. The third kappa shape index (κ3) is 3.25. The second kappa shape index (κ2) is 7.69. The van der Waals surface area contributed by atoms with Gasteiger partial charge in [0.15, 0.2) is 0 Å². The lowest BCUT2D eigenvalue weighted by Gasteiger charge is -2.22. The number of para-hydroxylation sites is 1. The number of hydrogen-bond acceptors (Lipinski definition) is 6. The zero-order valence-corrected chi connectivity index (χ0v) is 16.1. The summed E-state index contributed by atoms with van der Waals surface area (Å²) in [5.74, 6) is 0. The zero-order chi connectivity index (χ0) is 21.3. The number of nitrogens with one attached hydrogen (secondary N) is 1. The molecule has 0 aliphatic carbocycles. The number of pyridine rings is 1. The van der Waals surface area contributed by atoms with Gasteiger partial charge in [0.25, 0.3) is 11.2 Å². The van der Waals surface area contributed by atoms with Gasteiger partial charge in [0.1, 0.15) is 0 Å². The molecule has 0 fully saturated rings. The molecule has 1 N–H and O–H groups in total. The Morgan fingerprint density at radius 2 is 2.10 bits per heavy atom. The second-order valence-electron chi connectivity index (χ2n) is 6.90. The summed E-state index contributed by atoms with van der Waals surface area (Å²) in [6, 6.07) is 11.6. The molecule has 4 rings (SSSR count). The van der Waals surface area contributed by atoms with Gasteiger partial charge in [0.2, 0.25) is 0 Å². The van der Waals surface area contributed by atoms with E-state index in [0.29, 0.717) is 23.3 Å². The standard InChI is InChI=1S/C20H17N7O3/c1-12(22-23-14-7-3-8-15(11-14)27(29)30)17-18(24-25-21)16-9-2-5-13-6-4-10-26(19(13)16)20(17)28/h2-3,5,7-9,11,23H,4,6,10H2,1H3/b22-12+. The van der Waals surface area contributed by atoms with Crippen LogP contribution in [0.2, 0.25) is 0 Å². The van der Waals surface area contributed by atoms with E-state index < -0.39 is 4.92 Å². The van der Waals surface area contributed by atoms with Crippen molar-refractivity contribution in [3.05, 3.63) is 84.5 Å². The Kier molecular flexibility index (Phi) is 4.91. The summed E-state index contributed by atoms with van der Waals surface area (Å²) in [6.07, 6.45) is 1.70. The molecule has 0 bridgehead atoms. The Morgan fingerprint density at radius 1 is 1.30 bits per heavy atom. The Morgan fingerprint density at radius 3 is 2.87 bits per heavy atom. The molecule has 0 unspecified atom stereocenters. The number of nitrogens with zero attached hydrogens (tertiary/aromatic N) is 6. The van der Waals surface area contributed by atoms with Gasteiger partial charge in [-0.05, 0) is 36.9 Å². The van der Waals surface area contributed by atoms with Crippen molar-refractivity contribution in [3.63, 3.8) is 0 Å². The van der Waals surface area contributed by atoms with Crippen molar-refractivity contribution in [1.29, 1.82) is 0 Å². The summed E-state index contributed by atoms with van der Waals surface area (Å²) >= 11 is 0. The van der Waals surface area contributed by atoms with Crippen molar-refractivity contribution in [2.45, 2.75) is 26.3 Å². The number of anilines is 1. The van der Waals surface area contributed by atoms with E-state index in [9.17, 15) is 14.9 Å². The Balaban J connectivity index is 1.87. The van der Waals surface area contributed by atoms with Crippen molar-refractivity contribution >= 4 is 33.7 Å². The minimum absolute atomic E-state index is 0.0784. The largest absolute Gasteiger partial charge is 0.307 e. The summed E-state index contributed by atoms with van der Waals surface area (Å²) in [4.78, 5) is 26.6. The van der Waals surface area contributed by atoms with Crippen LogP contribution < -0.4 is 11.0 Å². The van der Waals surface area contributed by atoms with Crippen LogP contribution in [0.5, 0.6) is 0 Å². The van der Waals surface area contributed by atoms with Crippen molar-refractivity contribution < 1.29 is 4.92 Å². The number of aromatic nitrogens is 1. The molecule has 150 valence electrons. The summed E-state index contributed by atoms with van der Waals surface area (Å²) in [7, 11) is 0. The van der Waals surface area contributed by atoms with Crippen LogP contribution in [0.3, 0.4) is 0 Å². The molecule has 2 heterocycles. The number of benzene rings is 2. The van der Waals surface area contributed by atoms with E-state index in [1.54, 1.807) is 17.6 Å². The van der Waals surface area contributed by atoms with Gasteiger partial charge in [-0.3, -0.25) is 20.3 Å². The van der Waals surface area contributed by atoms with Gasteiger partial charge >= 0.3 is 0 Å². The molecular formula is C20H17N7O3. The molecule has 0 saturated carbocycles. The number of azide groups is 1. The second-order valence-corrected chi connectivity index (χ2v) is 6.90. The lowest BCUT2D eigenvalue weighted by Crippen LogP contribution is -2.29. The van der Waals surface area contributed by atoms with E-state index in [1.807, 2.05) is 18.2 Å². The Hall–Kier alpha value is -4.17. The minimum Gasteiger partial charge on any atom is -0.307 e. The quantitative estimate of drug-likeness (QED) is 0.166. The maximum atomic E-state index is 13.3. The van der Waals surface area contributed by atoms with Gasteiger partial charge in [0, 0.05) is 29.0 Å². The van der Waals surface area contributed by atoms with Crippen molar-refractivity contribution in [3.8, 4) is 0 Å². The SMILES string of the molecule is C/C(=N\Nc1cccc([N+](=O)[O-])c1)c1c(N=[N+]=[N-])c2cccc3c2n(c1=O)CCC3. The highest BCUT2D eigenvalue weighted by atomic mass is 16.6. The third-order valence-electron chi connectivity index (χ3n) is 5.08. The molecule has 0 atom stereocenters. The third-order valence-corrected chi connectivity index (χ3v) is 5.08. The summed E-state index contributed by atoms with van der Waals surface area (Å²) < 4.78 is 1.70. The smallest absolute Gasteiger partial charge is 0.271 e. The summed E-state index contributed by atoms with van der Waals surface area (Å²) in [5, 5.41) is 19.7. The molecule has 1 aliphatic rings. The molecule has 3 aromatic rings. The highest BCUT2D eigenvalue weighted by Gasteiger charge is 2.22. The van der Waals surface area contributed by atoms with Crippen LogP contribution >= 0.6 is 0 Å². The predicted molar refractivity (Wildman–Crippen MR) is 114 cm³/mol. The fourth-order valence-electron chi connectivity index (χ4n) is 3.78. The molecule has 1 aliphatic heterocycles. The Labute approximate surface area is 170 Å². The molecule has 1 aromatic heterocycles. The predicted octanol–water partition coefficient (Wildman–Crippen LogP) is 4.63. The van der Waals surface area contributed by atoms with E-state index in [0.717, 1.165) is 23.9 Å². The maximum Gasteiger partial charge on any atom is 0.271 e. The molecule has 0 radical (unpaired) electrons. The average Bonchev–Trinajstić information content (AvgIpc) is 2.76. The summed E-state index contributed by atoms with van der Waals surface area (Å²) in [6.45, 7) is 2.20. The van der Waals surface area contributed by atoms with Crippen LogP contribution in [-0.2, 0) is 13.0 Å². The first kappa shape index (κ1) is 19.2. The zero-order valence-electron chi connectivity index (χ0n) is 16.1. The number of nitro benzene ring substituents is 1. The number of rotatable bonds is 5. The first-order chi connectivity index (χ1) is 14.5. The van der Waals surface area contributed by atoms with Gasteiger partial charge in [-0.15, -0.1) is 0 Å². The van der Waals surface area contributed by atoms with Gasteiger partial charge in [-0.2, -0.15) is 5.10 Å². The van der Waals surface area contributed by atoms with Gasteiger partial charge in [-0.1, -0.05) is 29.4 Å². The molecule has 0 spiro atoms. The van der Waals surface area contributed by atoms with E-state index >= 15 is 0 Å². The van der Waals surface area contributed by atoms with Crippen molar-refractivity contribution in [2.75, 3.05) is 5.43 Å². The topological polar surface area (TPSA) is 138 Å². The molecule has 30 heavy (non-hydrogen) atoms. The highest BCUT2D eigenvalue weighted by molar-refractivity contribution is 6.09. The van der Waals surface area contributed by atoms with Crippen LogP contribution in [-0.4, -0.2) is 15.2 Å². The van der Waals surface area contributed by atoms with Crippen LogP contribution in [0.1, 0.15) is 24.5 Å². The molecule has 0 amide bonds. The fraction of sp³-hybridized carbons (Fsp3) is 0.200. The normalized spacial score (nSPS) is 13.0. The molecule has 10 heteroatoms. The summed E-state index contributed by atoms with van der Waals surface area (Å²) in [5.41, 5.74) is 14.5. The first-order valence-electron chi connectivity index (χ1n) is 9.30. The highest BCUT2D eigenvalue weighted by Crippen LogP contribution is 2.33. The minimum atomic E-state index is -0.500. The fourth-order valence-corrected chi connectivity index (χ4v) is 3.78. The van der Waals surface area contributed by atoms with Crippen LogP contribution in [0, 0.1) is 10.1 Å². The monoisotopic (exact) mass is 403 g/mol.